The Hall–Kier alpha value is -2.29. The lowest BCUT2D eigenvalue weighted by molar-refractivity contribution is -0.870. The zero-order valence-corrected chi connectivity index (χ0v) is 34.4. The zero-order chi connectivity index (χ0) is 38.6. The average Bonchev–Trinajstić information content (AvgIpc) is 3.09. The molecule has 0 spiro atoms. The maximum absolute atomic E-state index is 12.6. The topological polar surface area (TPSA) is 111 Å². The van der Waals surface area contributed by atoms with Gasteiger partial charge in [0.25, 0.3) is 7.82 Å². The standard InChI is InChI=1S/C42H74NO8P/c1-6-8-10-12-14-16-18-20-21-23-24-26-28-30-32-34-41(44)48-38-40(39-50-52(46,47)49-37-36-43(3,4)5)51-42(45)35-33-31-29-27-25-22-19-17-15-13-11-9-7-2/h8,10,14,16-17,19-21,24,26,40H,6-7,9,11-13,15,18,22-23,25,27-39H2,1-5H3/b10-8+,16-14+,19-17+,21-20+,26-24+/t40-/m1/s1. The molecule has 2 atom stereocenters. The highest BCUT2D eigenvalue weighted by Crippen LogP contribution is 2.38. The van der Waals surface area contributed by atoms with E-state index in [0.29, 0.717) is 23.9 Å². The minimum absolute atomic E-state index is 0.0417. The van der Waals surface area contributed by atoms with Crippen LogP contribution in [0.1, 0.15) is 142 Å². The van der Waals surface area contributed by atoms with Gasteiger partial charge in [-0.1, -0.05) is 113 Å². The molecule has 0 bridgehead atoms. The van der Waals surface area contributed by atoms with E-state index in [-0.39, 0.29) is 26.1 Å². The van der Waals surface area contributed by atoms with E-state index in [2.05, 4.69) is 74.6 Å². The van der Waals surface area contributed by atoms with Crippen LogP contribution in [0.3, 0.4) is 0 Å². The molecule has 9 nitrogen and oxygen atoms in total. The maximum Gasteiger partial charge on any atom is 0.306 e. The van der Waals surface area contributed by atoms with Crippen molar-refractivity contribution in [2.45, 2.75) is 148 Å². The maximum atomic E-state index is 12.6. The normalized spacial score (nSPS) is 14.3. The lowest BCUT2D eigenvalue weighted by atomic mass is 10.1. The Morgan fingerprint density at radius 1 is 0.615 bits per heavy atom. The van der Waals surface area contributed by atoms with Gasteiger partial charge in [0.2, 0.25) is 0 Å². The molecule has 0 saturated carbocycles. The van der Waals surface area contributed by atoms with E-state index in [1.807, 2.05) is 21.1 Å². The highest BCUT2D eigenvalue weighted by molar-refractivity contribution is 7.45. The number of carbonyl (C=O) groups excluding carboxylic acids is 2. The Morgan fingerprint density at radius 2 is 1.10 bits per heavy atom. The summed E-state index contributed by atoms with van der Waals surface area (Å²) in [6, 6.07) is 0. The Morgan fingerprint density at radius 3 is 1.69 bits per heavy atom. The number of phosphoric acid groups is 1. The first-order valence-corrected chi connectivity index (χ1v) is 21.5. The summed E-state index contributed by atoms with van der Waals surface area (Å²) in [7, 11) is 1.13. The fourth-order valence-electron chi connectivity index (χ4n) is 4.87. The van der Waals surface area contributed by atoms with E-state index < -0.39 is 32.5 Å². The molecule has 0 heterocycles. The number of unbranched alkanes of at least 4 members (excludes halogenated alkanes) is 11. The predicted molar refractivity (Wildman–Crippen MR) is 213 cm³/mol. The van der Waals surface area contributed by atoms with Gasteiger partial charge >= 0.3 is 11.9 Å². The van der Waals surface area contributed by atoms with Crippen molar-refractivity contribution in [3.8, 4) is 0 Å². The van der Waals surface area contributed by atoms with Crippen LogP contribution in [0.5, 0.6) is 0 Å². The third-order valence-electron chi connectivity index (χ3n) is 8.02. The summed E-state index contributed by atoms with van der Waals surface area (Å²) >= 11 is 0. The Bertz CT molecular complexity index is 1080. The van der Waals surface area contributed by atoms with Gasteiger partial charge in [-0.05, 0) is 77.0 Å². The quantitative estimate of drug-likeness (QED) is 0.0207. The second kappa shape index (κ2) is 34.5. The number of nitrogens with zero attached hydrogens (tertiary/aromatic N) is 1. The van der Waals surface area contributed by atoms with Crippen molar-refractivity contribution in [3.63, 3.8) is 0 Å². The van der Waals surface area contributed by atoms with Crippen molar-refractivity contribution in [3.05, 3.63) is 60.8 Å². The Kier molecular flexibility index (Phi) is 33.0. The molecule has 1 unspecified atom stereocenters. The highest BCUT2D eigenvalue weighted by atomic mass is 31.2. The molecule has 0 radical (unpaired) electrons. The van der Waals surface area contributed by atoms with Crippen LogP contribution in [0.15, 0.2) is 60.8 Å². The molecule has 0 rings (SSSR count). The number of ether oxygens (including phenoxy) is 2. The van der Waals surface area contributed by atoms with Crippen LogP contribution in [-0.4, -0.2) is 70.0 Å². The van der Waals surface area contributed by atoms with Crippen molar-refractivity contribution in [1.82, 2.24) is 0 Å². The number of hydrogen-bond donors (Lipinski definition) is 0. The van der Waals surface area contributed by atoms with E-state index in [1.165, 1.54) is 25.7 Å². The molecule has 0 aromatic carbocycles. The number of allylic oxidation sites excluding steroid dienone is 10. The largest absolute Gasteiger partial charge is 0.756 e. The summed E-state index contributed by atoms with van der Waals surface area (Å²) in [5, 5.41) is 0. The van der Waals surface area contributed by atoms with E-state index >= 15 is 0 Å². The van der Waals surface area contributed by atoms with Gasteiger partial charge in [-0.2, -0.15) is 0 Å². The van der Waals surface area contributed by atoms with E-state index in [1.54, 1.807) is 0 Å². The third kappa shape index (κ3) is 37.5. The molecule has 300 valence electrons. The minimum Gasteiger partial charge on any atom is -0.756 e. The summed E-state index contributed by atoms with van der Waals surface area (Å²) in [5.41, 5.74) is 0. The van der Waals surface area contributed by atoms with Crippen molar-refractivity contribution in [2.24, 2.45) is 0 Å². The van der Waals surface area contributed by atoms with Crippen LogP contribution in [0.4, 0.5) is 0 Å². The molecule has 0 aliphatic carbocycles. The molecule has 10 heteroatoms. The minimum atomic E-state index is -4.63. The van der Waals surface area contributed by atoms with Gasteiger partial charge in [-0.15, -0.1) is 0 Å². The second-order valence-electron chi connectivity index (χ2n) is 14.3. The van der Waals surface area contributed by atoms with Crippen LogP contribution >= 0.6 is 7.82 Å². The van der Waals surface area contributed by atoms with Crippen molar-refractivity contribution in [2.75, 3.05) is 47.5 Å². The number of likely N-dealkylation sites (N-methyl/N-ethyl adjacent to an activating group) is 1. The molecular weight excluding hydrogens is 677 g/mol. The number of esters is 2. The summed E-state index contributed by atoms with van der Waals surface area (Å²) in [6.45, 7) is 4.01. The highest BCUT2D eigenvalue weighted by Gasteiger charge is 2.21. The molecular formula is C42H74NO8P. The van der Waals surface area contributed by atoms with Crippen LogP contribution < -0.4 is 4.89 Å². The first kappa shape index (κ1) is 49.7. The molecule has 0 fully saturated rings. The Labute approximate surface area is 317 Å². The number of quaternary nitrogens is 1. The molecule has 0 aliphatic heterocycles. The zero-order valence-electron chi connectivity index (χ0n) is 33.5. The third-order valence-corrected chi connectivity index (χ3v) is 8.99. The molecule has 0 aromatic rings. The van der Waals surface area contributed by atoms with Gasteiger partial charge in [0.05, 0.1) is 27.7 Å². The lowest BCUT2D eigenvalue weighted by Crippen LogP contribution is -2.37. The van der Waals surface area contributed by atoms with E-state index in [9.17, 15) is 19.0 Å². The van der Waals surface area contributed by atoms with Gasteiger partial charge < -0.3 is 27.9 Å². The summed E-state index contributed by atoms with van der Waals surface area (Å²) < 4.78 is 33.7. The van der Waals surface area contributed by atoms with Crippen LogP contribution in [-0.2, 0) is 32.7 Å². The first-order chi connectivity index (χ1) is 25.0. The molecule has 0 saturated heterocycles. The van der Waals surface area contributed by atoms with Gasteiger partial charge in [0, 0.05) is 12.8 Å². The number of rotatable bonds is 35. The van der Waals surface area contributed by atoms with E-state index in [4.69, 9.17) is 18.5 Å². The SMILES string of the molecule is CC/C=C/C/C=C/C/C=C/C/C=C/CCCCC(=O)OC[C@H](COP(=O)([O-])OCC[N+](C)(C)C)OC(=O)CCCCCCC/C=C/CCCCCC. The Balaban J connectivity index is 4.51. The first-order valence-electron chi connectivity index (χ1n) is 20.0. The van der Waals surface area contributed by atoms with Crippen LogP contribution in [0.25, 0.3) is 0 Å². The predicted octanol–water partition coefficient (Wildman–Crippen LogP) is 10.3. The fraction of sp³-hybridized carbons (Fsp3) is 0.714. The molecule has 0 amide bonds. The molecule has 52 heavy (non-hydrogen) atoms. The smallest absolute Gasteiger partial charge is 0.306 e. The summed E-state index contributed by atoms with van der Waals surface area (Å²) in [5.74, 6) is -0.901. The summed E-state index contributed by atoms with van der Waals surface area (Å²) in [4.78, 5) is 37.4. The number of phosphoric ester groups is 1. The van der Waals surface area contributed by atoms with E-state index in [0.717, 1.165) is 77.0 Å². The molecule has 0 aliphatic rings. The van der Waals surface area contributed by atoms with Gasteiger partial charge in [-0.3, -0.25) is 14.2 Å². The van der Waals surface area contributed by atoms with Crippen molar-refractivity contribution >= 4 is 19.8 Å². The van der Waals surface area contributed by atoms with Gasteiger partial charge in [0.15, 0.2) is 6.10 Å². The monoisotopic (exact) mass is 752 g/mol. The molecule has 0 N–H and O–H groups in total. The lowest BCUT2D eigenvalue weighted by Gasteiger charge is -2.28. The fourth-order valence-corrected chi connectivity index (χ4v) is 5.60. The average molecular weight is 752 g/mol. The second-order valence-corrected chi connectivity index (χ2v) is 15.7. The summed E-state index contributed by atoms with van der Waals surface area (Å²) in [6.07, 6.45) is 39.6. The van der Waals surface area contributed by atoms with Gasteiger partial charge in [0.1, 0.15) is 19.8 Å². The molecule has 0 aromatic heterocycles. The number of hydrogen-bond acceptors (Lipinski definition) is 8. The van der Waals surface area contributed by atoms with Crippen molar-refractivity contribution < 1.29 is 42.1 Å². The van der Waals surface area contributed by atoms with Crippen LogP contribution in [0, 0.1) is 0 Å². The van der Waals surface area contributed by atoms with Crippen LogP contribution in [0.2, 0.25) is 0 Å². The number of carbonyl (C=O) groups is 2. The van der Waals surface area contributed by atoms with Gasteiger partial charge in [-0.25, -0.2) is 0 Å². The van der Waals surface area contributed by atoms with Crippen molar-refractivity contribution in [1.29, 1.82) is 0 Å².